The van der Waals surface area contributed by atoms with Gasteiger partial charge in [-0.1, -0.05) is 23.9 Å². The van der Waals surface area contributed by atoms with Gasteiger partial charge in [-0.05, 0) is 31.5 Å². The maximum Gasteiger partial charge on any atom is 0.339 e. The van der Waals surface area contributed by atoms with Crippen LogP contribution >= 0.6 is 23.1 Å². The van der Waals surface area contributed by atoms with Gasteiger partial charge in [-0.15, -0.1) is 11.3 Å². The van der Waals surface area contributed by atoms with Gasteiger partial charge in [0.25, 0.3) is 5.91 Å². The molecule has 3 N–H and O–H groups in total. The highest BCUT2D eigenvalue weighted by atomic mass is 32.2. The number of primary amides is 1. The molecule has 3 amide bonds. The Morgan fingerprint density at radius 1 is 1.21 bits per heavy atom. The molecule has 0 atom stereocenters. The summed E-state index contributed by atoms with van der Waals surface area (Å²) in [6.45, 7) is 3.43. The number of amides is 3. The number of aromatic nitrogens is 2. The predicted molar refractivity (Wildman–Crippen MR) is 105 cm³/mol. The second-order valence-electron chi connectivity index (χ2n) is 5.73. The summed E-state index contributed by atoms with van der Waals surface area (Å²) in [4.78, 5) is 45.9. The molecule has 0 spiro atoms. The first kappa shape index (κ1) is 19.8. The smallest absolute Gasteiger partial charge is 0.339 e. The molecule has 0 unspecified atom stereocenters. The number of aryl methyl sites for hydroxylation is 2. The fraction of sp³-hybridized carbons (Fsp3) is 0.167. The van der Waals surface area contributed by atoms with Gasteiger partial charge in [-0.25, -0.2) is 19.6 Å². The zero-order valence-corrected chi connectivity index (χ0v) is 16.6. The second-order valence-corrected chi connectivity index (χ2v) is 7.96. The highest BCUT2D eigenvalue weighted by molar-refractivity contribution is 7.99. The number of esters is 1. The van der Waals surface area contributed by atoms with E-state index >= 15 is 0 Å². The van der Waals surface area contributed by atoms with Crippen LogP contribution in [0.1, 0.15) is 20.8 Å². The van der Waals surface area contributed by atoms with Gasteiger partial charge >= 0.3 is 12.0 Å². The summed E-state index contributed by atoms with van der Waals surface area (Å²) in [6.07, 6.45) is 1.50. The van der Waals surface area contributed by atoms with Crippen LogP contribution in [-0.4, -0.2) is 34.5 Å². The maximum atomic E-state index is 12.4. The highest BCUT2D eigenvalue weighted by Crippen LogP contribution is 2.38. The van der Waals surface area contributed by atoms with Crippen molar-refractivity contribution in [2.24, 2.45) is 5.73 Å². The average molecular weight is 416 g/mol. The molecule has 2 heterocycles. The van der Waals surface area contributed by atoms with Crippen molar-refractivity contribution < 1.29 is 19.1 Å². The SMILES string of the molecule is Cc1sc2ncnc(Sc3ccccc3C(=O)OCC(=O)NC(N)=O)c2c1C. The minimum Gasteiger partial charge on any atom is -0.452 e. The van der Waals surface area contributed by atoms with Gasteiger partial charge in [0, 0.05) is 15.2 Å². The number of rotatable bonds is 5. The summed E-state index contributed by atoms with van der Waals surface area (Å²) >= 11 is 2.92. The second kappa shape index (κ2) is 8.36. The van der Waals surface area contributed by atoms with Gasteiger partial charge in [-0.2, -0.15) is 0 Å². The quantitative estimate of drug-likeness (QED) is 0.484. The Kier molecular flexibility index (Phi) is 5.90. The number of hydrogen-bond donors (Lipinski definition) is 2. The van der Waals surface area contributed by atoms with Gasteiger partial charge in [0.15, 0.2) is 6.61 Å². The normalized spacial score (nSPS) is 10.6. The van der Waals surface area contributed by atoms with Crippen molar-refractivity contribution in [3.63, 3.8) is 0 Å². The molecule has 3 aromatic rings. The third-order valence-corrected chi connectivity index (χ3v) is 6.04. The number of fused-ring (bicyclic) bond motifs is 1. The molecule has 28 heavy (non-hydrogen) atoms. The number of imide groups is 1. The first-order valence-corrected chi connectivity index (χ1v) is 9.74. The largest absolute Gasteiger partial charge is 0.452 e. The van der Waals surface area contributed by atoms with Crippen LogP contribution in [0.2, 0.25) is 0 Å². The molecule has 0 aliphatic rings. The lowest BCUT2D eigenvalue weighted by Crippen LogP contribution is -2.37. The van der Waals surface area contributed by atoms with Crippen molar-refractivity contribution in [3.8, 4) is 0 Å². The number of carbonyl (C=O) groups is 3. The molecule has 0 aliphatic carbocycles. The number of thiophene rings is 1. The summed E-state index contributed by atoms with van der Waals surface area (Å²) in [5.41, 5.74) is 6.25. The Hall–Kier alpha value is -2.98. The van der Waals surface area contributed by atoms with Crippen LogP contribution in [0.4, 0.5) is 4.79 Å². The Balaban J connectivity index is 1.84. The number of benzene rings is 1. The number of carbonyl (C=O) groups excluding carboxylic acids is 3. The lowest BCUT2D eigenvalue weighted by molar-refractivity contribution is -0.123. The molecular formula is C18H16N4O4S2. The van der Waals surface area contributed by atoms with E-state index in [1.807, 2.05) is 19.2 Å². The molecule has 0 saturated heterocycles. The Bertz CT molecular complexity index is 1080. The molecule has 0 aliphatic heterocycles. The zero-order chi connectivity index (χ0) is 20.3. The Morgan fingerprint density at radius 3 is 2.71 bits per heavy atom. The Morgan fingerprint density at radius 2 is 1.96 bits per heavy atom. The average Bonchev–Trinajstić information content (AvgIpc) is 2.94. The van der Waals surface area contributed by atoms with Crippen LogP contribution in [0.15, 0.2) is 40.5 Å². The van der Waals surface area contributed by atoms with Crippen molar-refractivity contribution in [1.82, 2.24) is 15.3 Å². The van der Waals surface area contributed by atoms with Gasteiger partial charge in [-0.3, -0.25) is 10.1 Å². The third-order valence-electron chi connectivity index (χ3n) is 3.84. The zero-order valence-electron chi connectivity index (χ0n) is 15.0. The maximum absolute atomic E-state index is 12.4. The first-order valence-electron chi connectivity index (χ1n) is 8.10. The number of nitrogens with one attached hydrogen (secondary N) is 1. The molecule has 0 bridgehead atoms. The van der Waals surface area contributed by atoms with E-state index in [-0.39, 0.29) is 5.56 Å². The minimum atomic E-state index is -1.01. The Labute approximate surface area is 168 Å². The van der Waals surface area contributed by atoms with E-state index in [0.29, 0.717) is 4.90 Å². The number of nitrogens with two attached hydrogens (primary N) is 1. The topological polar surface area (TPSA) is 124 Å². The molecule has 2 aromatic heterocycles. The first-order chi connectivity index (χ1) is 13.4. The van der Waals surface area contributed by atoms with E-state index in [4.69, 9.17) is 10.5 Å². The minimum absolute atomic E-state index is 0.288. The van der Waals surface area contributed by atoms with Crippen molar-refractivity contribution in [2.45, 2.75) is 23.8 Å². The van der Waals surface area contributed by atoms with E-state index in [1.165, 1.54) is 18.1 Å². The van der Waals surface area contributed by atoms with Crippen LogP contribution < -0.4 is 11.1 Å². The number of urea groups is 1. The molecule has 3 rings (SSSR count). The van der Waals surface area contributed by atoms with Crippen molar-refractivity contribution in [3.05, 3.63) is 46.6 Å². The molecule has 0 radical (unpaired) electrons. The fourth-order valence-electron chi connectivity index (χ4n) is 2.44. The molecular weight excluding hydrogens is 400 g/mol. The van der Waals surface area contributed by atoms with Crippen LogP contribution in [0.5, 0.6) is 0 Å². The van der Waals surface area contributed by atoms with Crippen molar-refractivity contribution in [1.29, 1.82) is 0 Å². The van der Waals surface area contributed by atoms with Gasteiger partial charge in [0.05, 0.1) is 5.56 Å². The molecule has 0 fully saturated rings. The molecule has 144 valence electrons. The predicted octanol–water partition coefficient (Wildman–Crippen LogP) is 2.81. The van der Waals surface area contributed by atoms with Crippen LogP contribution in [0.25, 0.3) is 10.2 Å². The number of ether oxygens (including phenoxy) is 1. The van der Waals surface area contributed by atoms with Crippen molar-refractivity contribution in [2.75, 3.05) is 6.61 Å². The van der Waals surface area contributed by atoms with Crippen molar-refractivity contribution >= 4 is 51.2 Å². The number of nitrogens with zero attached hydrogens (tertiary/aromatic N) is 2. The standard InChI is InChI=1S/C18H16N4O4S2/c1-9-10(2)27-15-14(9)16(21-8-20-15)28-12-6-4-3-5-11(12)17(24)26-7-13(23)22-18(19)25/h3-6,8H,7H2,1-2H3,(H3,19,22,23,25). The van der Waals surface area contributed by atoms with Gasteiger partial charge in [0.1, 0.15) is 16.2 Å². The van der Waals surface area contributed by atoms with E-state index in [9.17, 15) is 14.4 Å². The van der Waals surface area contributed by atoms with Gasteiger partial charge < -0.3 is 10.5 Å². The summed E-state index contributed by atoms with van der Waals surface area (Å²) in [6, 6.07) is 5.85. The van der Waals surface area contributed by atoms with Crippen LogP contribution in [-0.2, 0) is 9.53 Å². The van der Waals surface area contributed by atoms with E-state index < -0.39 is 24.5 Å². The van der Waals surface area contributed by atoms with E-state index in [0.717, 1.165) is 25.7 Å². The highest BCUT2D eigenvalue weighted by Gasteiger charge is 2.18. The van der Waals surface area contributed by atoms with Gasteiger partial charge in [0.2, 0.25) is 0 Å². The summed E-state index contributed by atoms with van der Waals surface area (Å²) in [7, 11) is 0. The molecule has 10 heteroatoms. The summed E-state index contributed by atoms with van der Waals surface area (Å²) in [5.74, 6) is -1.49. The monoisotopic (exact) mass is 416 g/mol. The number of hydrogen-bond acceptors (Lipinski definition) is 8. The summed E-state index contributed by atoms with van der Waals surface area (Å²) in [5, 5.41) is 3.53. The lowest BCUT2D eigenvalue weighted by atomic mass is 10.2. The van der Waals surface area contributed by atoms with E-state index in [2.05, 4.69) is 9.97 Å². The molecule has 0 saturated carbocycles. The van der Waals surface area contributed by atoms with Crippen LogP contribution in [0.3, 0.4) is 0 Å². The summed E-state index contributed by atoms with van der Waals surface area (Å²) < 4.78 is 4.98. The molecule has 8 nitrogen and oxygen atoms in total. The third kappa shape index (κ3) is 4.29. The van der Waals surface area contributed by atoms with E-state index in [1.54, 1.807) is 35.6 Å². The van der Waals surface area contributed by atoms with Crippen LogP contribution in [0, 0.1) is 13.8 Å². The lowest BCUT2D eigenvalue weighted by Gasteiger charge is -2.09. The fourth-order valence-corrected chi connectivity index (χ4v) is 4.57. The molecule has 1 aromatic carbocycles.